The van der Waals surface area contributed by atoms with Crippen molar-refractivity contribution in [2.45, 2.75) is 20.0 Å². The van der Waals surface area contributed by atoms with E-state index in [9.17, 15) is 5.11 Å². The van der Waals surface area contributed by atoms with Gasteiger partial charge in [-0.2, -0.15) is 0 Å². The lowest BCUT2D eigenvalue weighted by Gasteiger charge is -2.35. The molecule has 0 spiro atoms. The third kappa shape index (κ3) is 4.89. The Morgan fingerprint density at radius 2 is 1.72 bits per heavy atom. The number of fused-ring (bicyclic) bond motifs is 1. The zero-order valence-corrected chi connectivity index (χ0v) is 17.4. The van der Waals surface area contributed by atoms with Crippen molar-refractivity contribution in [1.29, 1.82) is 0 Å². The van der Waals surface area contributed by atoms with E-state index in [2.05, 4.69) is 55.1 Å². The number of hydrogen-bond acceptors (Lipinski definition) is 3. The van der Waals surface area contributed by atoms with E-state index >= 15 is 0 Å². The van der Waals surface area contributed by atoms with Crippen LogP contribution in [0.4, 0.5) is 5.69 Å². The van der Waals surface area contributed by atoms with Crippen molar-refractivity contribution in [2.75, 3.05) is 44.2 Å². The summed E-state index contributed by atoms with van der Waals surface area (Å²) >= 11 is 0. The number of piperazine rings is 1. The molecule has 29 heavy (non-hydrogen) atoms. The van der Waals surface area contributed by atoms with Crippen molar-refractivity contribution in [2.24, 2.45) is 0 Å². The quantitative estimate of drug-likeness (QED) is 0.678. The Morgan fingerprint density at radius 3 is 2.48 bits per heavy atom. The van der Waals surface area contributed by atoms with Crippen LogP contribution < -0.4 is 14.5 Å². The Morgan fingerprint density at radius 1 is 0.966 bits per heavy atom. The molecule has 1 fully saturated rings. The van der Waals surface area contributed by atoms with Gasteiger partial charge in [-0.25, -0.2) is 0 Å². The van der Waals surface area contributed by atoms with Gasteiger partial charge in [-0.05, 0) is 48.4 Å². The predicted molar refractivity (Wildman–Crippen MR) is 119 cm³/mol. The molecule has 3 aromatic rings. The fourth-order valence-electron chi connectivity index (χ4n) is 4.27. The standard InChI is InChI=1S/C25H30N2O2/c1-19-7-10-25(20(2)15-19)27-13-11-26(12-14-27)17-23(28)18-29-24-9-8-21-5-3-4-6-22(21)16-24/h3-10,15-16,23,28H,11-14,17-18H2,1-2H3/p+1/t23-/m1/s1. The van der Waals surface area contributed by atoms with Gasteiger partial charge in [-0.3, -0.25) is 0 Å². The molecule has 152 valence electrons. The van der Waals surface area contributed by atoms with E-state index in [0.29, 0.717) is 6.61 Å². The molecule has 0 saturated carbocycles. The van der Waals surface area contributed by atoms with Crippen LogP contribution in [-0.2, 0) is 0 Å². The summed E-state index contributed by atoms with van der Waals surface area (Å²) in [6.07, 6.45) is -0.455. The molecule has 4 heteroatoms. The molecule has 1 aliphatic rings. The largest absolute Gasteiger partial charge is 0.491 e. The number of aliphatic hydroxyl groups excluding tert-OH is 1. The van der Waals surface area contributed by atoms with Crippen molar-refractivity contribution >= 4 is 16.5 Å². The number of nitrogens with zero attached hydrogens (tertiary/aromatic N) is 1. The van der Waals surface area contributed by atoms with Crippen molar-refractivity contribution in [1.82, 2.24) is 0 Å². The topological polar surface area (TPSA) is 37.1 Å². The highest BCUT2D eigenvalue weighted by molar-refractivity contribution is 5.83. The van der Waals surface area contributed by atoms with Crippen LogP contribution in [0.15, 0.2) is 60.7 Å². The van der Waals surface area contributed by atoms with Crippen LogP contribution in [0.1, 0.15) is 11.1 Å². The van der Waals surface area contributed by atoms with Crippen molar-refractivity contribution in [3.63, 3.8) is 0 Å². The first-order valence-corrected chi connectivity index (χ1v) is 10.5. The molecule has 0 aromatic heterocycles. The number of ether oxygens (including phenoxy) is 1. The van der Waals surface area contributed by atoms with Crippen LogP contribution in [0.25, 0.3) is 10.8 Å². The first kappa shape index (κ1) is 19.7. The zero-order valence-electron chi connectivity index (χ0n) is 17.4. The number of nitrogens with one attached hydrogen (secondary N) is 1. The Balaban J connectivity index is 1.25. The van der Waals surface area contributed by atoms with Crippen LogP contribution in [0.2, 0.25) is 0 Å². The SMILES string of the molecule is Cc1ccc(N2CC[NH+](C[C@@H](O)COc3ccc4ccccc4c3)CC2)c(C)c1. The average Bonchev–Trinajstić information content (AvgIpc) is 2.73. The minimum Gasteiger partial charge on any atom is -0.491 e. The Kier molecular flexibility index (Phi) is 6.02. The molecule has 0 amide bonds. The summed E-state index contributed by atoms with van der Waals surface area (Å²) in [5.41, 5.74) is 4.00. The summed E-state index contributed by atoms with van der Waals surface area (Å²) in [7, 11) is 0. The van der Waals surface area contributed by atoms with E-state index in [1.807, 2.05) is 24.3 Å². The number of aliphatic hydroxyl groups is 1. The van der Waals surface area contributed by atoms with E-state index in [1.165, 1.54) is 27.1 Å². The maximum Gasteiger partial charge on any atom is 0.137 e. The van der Waals surface area contributed by atoms with Gasteiger partial charge in [0.25, 0.3) is 0 Å². The van der Waals surface area contributed by atoms with Crippen molar-refractivity contribution < 1.29 is 14.7 Å². The second-order valence-corrected chi connectivity index (χ2v) is 8.20. The normalized spacial score (nSPS) is 16.2. The molecular weight excluding hydrogens is 360 g/mol. The maximum absolute atomic E-state index is 10.5. The van der Waals surface area contributed by atoms with Crippen molar-refractivity contribution in [3.05, 3.63) is 71.8 Å². The molecule has 0 aliphatic carbocycles. The maximum atomic E-state index is 10.5. The molecule has 1 atom stereocenters. The summed E-state index contributed by atoms with van der Waals surface area (Å²) in [5, 5.41) is 12.8. The highest BCUT2D eigenvalue weighted by Crippen LogP contribution is 2.21. The van der Waals surface area contributed by atoms with Crippen LogP contribution in [-0.4, -0.2) is 50.5 Å². The fourth-order valence-corrected chi connectivity index (χ4v) is 4.27. The van der Waals surface area contributed by atoms with Crippen LogP contribution in [0.5, 0.6) is 5.75 Å². The molecule has 1 heterocycles. The Hall–Kier alpha value is -2.56. The van der Waals surface area contributed by atoms with Crippen LogP contribution >= 0.6 is 0 Å². The van der Waals surface area contributed by atoms with Gasteiger partial charge < -0.3 is 19.6 Å². The summed E-state index contributed by atoms with van der Waals surface area (Å²) in [4.78, 5) is 3.91. The number of rotatable bonds is 6. The lowest BCUT2D eigenvalue weighted by molar-refractivity contribution is -0.903. The monoisotopic (exact) mass is 391 g/mol. The van der Waals surface area contributed by atoms with Gasteiger partial charge >= 0.3 is 0 Å². The molecule has 4 nitrogen and oxygen atoms in total. The lowest BCUT2D eigenvalue weighted by Crippen LogP contribution is -3.16. The predicted octanol–water partition coefficient (Wildman–Crippen LogP) is 2.60. The lowest BCUT2D eigenvalue weighted by atomic mass is 10.1. The summed E-state index contributed by atoms with van der Waals surface area (Å²) in [6.45, 7) is 9.53. The second-order valence-electron chi connectivity index (χ2n) is 8.20. The molecule has 4 rings (SSSR count). The third-order valence-electron chi connectivity index (χ3n) is 5.85. The summed E-state index contributed by atoms with van der Waals surface area (Å²) in [6, 6.07) is 21.0. The average molecular weight is 392 g/mol. The van der Waals surface area contributed by atoms with Gasteiger partial charge in [0.05, 0.1) is 26.2 Å². The van der Waals surface area contributed by atoms with Crippen LogP contribution in [0, 0.1) is 13.8 Å². The molecule has 2 N–H and O–H groups in total. The number of quaternary nitrogens is 1. The molecule has 3 aromatic carbocycles. The van der Waals surface area contributed by atoms with E-state index in [4.69, 9.17) is 4.74 Å². The Labute approximate surface area is 173 Å². The summed E-state index contributed by atoms with van der Waals surface area (Å²) in [5.74, 6) is 0.817. The molecule has 0 unspecified atom stereocenters. The fraction of sp³-hybridized carbons (Fsp3) is 0.360. The van der Waals surface area contributed by atoms with Gasteiger partial charge in [0, 0.05) is 5.69 Å². The molecule has 0 bridgehead atoms. The molecular formula is C25H31N2O2+. The third-order valence-corrected chi connectivity index (χ3v) is 5.85. The molecule has 1 aliphatic heterocycles. The second kappa shape index (κ2) is 8.85. The zero-order chi connectivity index (χ0) is 20.2. The van der Waals surface area contributed by atoms with Gasteiger partial charge in [0.15, 0.2) is 0 Å². The van der Waals surface area contributed by atoms with Gasteiger partial charge in [-0.15, -0.1) is 0 Å². The van der Waals surface area contributed by atoms with E-state index in [1.54, 1.807) is 0 Å². The number of aryl methyl sites for hydroxylation is 2. The minimum absolute atomic E-state index is 0.336. The molecule has 0 radical (unpaired) electrons. The summed E-state index contributed by atoms with van der Waals surface area (Å²) < 4.78 is 5.86. The first-order chi connectivity index (χ1) is 14.1. The van der Waals surface area contributed by atoms with Crippen LogP contribution in [0.3, 0.4) is 0 Å². The first-order valence-electron chi connectivity index (χ1n) is 10.5. The molecule has 1 saturated heterocycles. The number of hydrogen-bond donors (Lipinski definition) is 2. The highest BCUT2D eigenvalue weighted by Gasteiger charge is 2.23. The Bertz CT molecular complexity index is 964. The van der Waals surface area contributed by atoms with E-state index in [0.717, 1.165) is 43.9 Å². The highest BCUT2D eigenvalue weighted by atomic mass is 16.5. The van der Waals surface area contributed by atoms with Crippen molar-refractivity contribution in [3.8, 4) is 5.75 Å². The smallest absolute Gasteiger partial charge is 0.137 e. The number of anilines is 1. The van der Waals surface area contributed by atoms with Gasteiger partial charge in [-0.1, -0.05) is 48.0 Å². The van der Waals surface area contributed by atoms with Gasteiger partial charge in [0.1, 0.15) is 25.0 Å². The van der Waals surface area contributed by atoms with E-state index < -0.39 is 6.10 Å². The van der Waals surface area contributed by atoms with E-state index in [-0.39, 0.29) is 0 Å². The minimum atomic E-state index is -0.455. The number of benzene rings is 3. The van der Waals surface area contributed by atoms with Gasteiger partial charge in [0.2, 0.25) is 0 Å².